The van der Waals surface area contributed by atoms with E-state index in [0.29, 0.717) is 26.3 Å². The molecule has 0 aliphatic carbocycles. The molecule has 1 amide bonds. The number of ether oxygens (including phenoxy) is 1. The topological polar surface area (TPSA) is 86.1 Å². The van der Waals surface area contributed by atoms with E-state index in [1.807, 2.05) is 52.4 Å². The number of carbonyl (C=O) groups excluding carboxylic acids is 2. The molecule has 4 aromatic rings. The van der Waals surface area contributed by atoms with Crippen molar-refractivity contribution in [2.45, 2.75) is 5.16 Å². The zero-order chi connectivity index (χ0) is 22.5. The van der Waals surface area contributed by atoms with Gasteiger partial charge in [-0.1, -0.05) is 53.7 Å². The second-order valence-electron chi connectivity index (χ2n) is 6.51. The van der Waals surface area contributed by atoms with Crippen molar-refractivity contribution in [3.05, 3.63) is 76.9 Å². The van der Waals surface area contributed by atoms with Crippen LogP contribution in [-0.4, -0.2) is 39.5 Å². The summed E-state index contributed by atoms with van der Waals surface area (Å²) in [5.74, 6) is -0.699. The first-order valence-electron chi connectivity index (χ1n) is 9.40. The van der Waals surface area contributed by atoms with Crippen molar-refractivity contribution < 1.29 is 14.3 Å². The second-order valence-corrected chi connectivity index (χ2v) is 8.77. The Kier molecular flexibility index (Phi) is 6.89. The minimum Gasteiger partial charge on any atom is -0.465 e. The number of methoxy groups -OCH3 is 1. The highest BCUT2D eigenvalue weighted by molar-refractivity contribution is 7.99. The van der Waals surface area contributed by atoms with Crippen LogP contribution >= 0.6 is 34.7 Å². The summed E-state index contributed by atoms with van der Waals surface area (Å²) in [4.78, 5) is 25.1. The van der Waals surface area contributed by atoms with Crippen molar-refractivity contribution in [2.75, 3.05) is 18.2 Å². The molecule has 1 N–H and O–H groups in total. The first kappa shape index (κ1) is 22.1. The molecule has 0 saturated carbocycles. The number of nitrogens with one attached hydrogen (secondary N) is 1. The van der Waals surface area contributed by atoms with E-state index in [4.69, 9.17) is 16.3 Å². The van der Waals surface area contributed by atoms with Crippen LogP contribution in [0, 0.1) is 0 Å². The number of halogens is 1. The van der Waals surface area contributed by atoms with E-state index in [0.717, 1.165) is 11.3 Å². The molecule has 0 aliphatic rings. The van der Waals surface area contributed by atoms with Crippen LogP contribution in [0.25, 0.3) is 16.8 Å². The highest BCUT2D eigenvalue weighted by Gasteiger charge is 2.22. The molecule has 0 atom stereocenters. The van der Waals surface area contributed by atoms with Gasteiger partial charge >= 0.3 is 5.97 Å². The number of aromatic nitrogens is 3. The fourth-order valence-electron chi connectivity index (χ4n) is 2.98. The minimum absolute atomic E-state index is 0.0975. The third kappa shape index (κ3) is 4.85. The van der Waals surface area contributed by atoms with Gasteiger partial charge in [-0.15, -0.1) is 21.5 Å². The van der Waals surface area contributed by atoms with Crippen LogP contribution in [-0.2, 0) is 9.53 Å². The van der Waals surface area contributed by atoms with Crippen molar-refractivity contribution in [1.82, 2.24) is 14.8 Å². The number of anilines is 1. The normalized spacial score (nSPS) is 10.7. The molecular weight excluding hydrogens is 468 g/mol. The van der Waals surface area contributed by atoms with Gasteiger partial charge in [-0.05, 0) is 29.8 Å². The summed E-state index contributed by atoms with van der Waals surface area (Å²) in [7, 11) is 1.31. The van der Waals surface area contributed by atoms with E-state index in [9.17, 15) is 9.59 Å². The van der Waals surface area contributed by atoms with E-state index < -0.39 is 5.97 Å². The van der Waals surface area contributed by atoms with Crippen molar-refractivity contribution in [3.63, 3.8) is 0 Å². The average Bonchev–Trinajstić information content (AvgIpc) is 3.45. The maximum absolute atomic E-state index is 12.7. The van der Waals surface area contributed by atoms with Gasteiger partial charge in [0.05, 0.1) is 12.9 Å². The molecule has 0 bridgehead atoms. The predicted molar refractivity (Wildman–Crippen MR) is 127 cm³/mol. The SMILES string of the molecule is COC(=O)c1c(-c2ccc(Cl)cc2)csc1NC(=O)CSc1nncn1-c1ccccc1. The molecule has 7 nitrogen and oxygen atoms in total. The Hall–Kier alpha value is -3.14. The molecule has 10 heteroatoms. The lowest BCUT2D eigenvalue weighted by Crippen LogP contribution is -2.16. The largest absolute Gasteiger partial charge is 0.465 e. The number of carbonyl (C=O) groups is 2. The summed E-state index contributed by atoms with van der Waals surface area (Å²) in [5.41, 5.74) is 2.69. The minimum atomic E-state index is -0.525. The predicted octanol–water partition coefficient (Wildman–Crippen LogP) is 5.17. The Morgan fingerprint density at radius 3 is 2.62 bits per heavy atom. The lowest BCUT2D eigenvalue weighted by atomic mass is 10.0. The van der Waals surface area contributed by atoms with Gasteiger partial charge in [0.2, 0.25) is 5.91 Å². The zero-order valence-electron chi connectivity index (χ0n) is 16.8. The molecule has 0 aliphatic heterocycles. The number of amides is 1. The third-order valence-electron chi connectivity index (χ3n) is 4.47. The Morgan fingerprint density at radius 1 is 1.16 bits per heavy atom. The van der Waals surface area contributed by atoms with Gasteiger partial charge < -0.3 is 10.1 Å². The van der Waals surface area contributed by atoms with Crippen LogP contribution in [0.15, 0.2) is 71.5 Å². The Morgan fingerprint density at radius 2 is 1.91 bits per heavy atom. The number of esters is 1. The number of hydrogen-bond donors (Lipinski definition) is 1. The molecule has 32 heavy (non-hydrogen) atoms. The van der Waals surface area contributed by atoms with E-state index in [1.165, 1.54) is 30.2 Å². The molecular formula is C22H17ClN4O3S2. The van der Waals surface area contributed by atoms with Gasteiger partial charge in [-0.3, -0.25) is 9.36 Å². The number of rotatable bonds is 7. The van der Waals surface area contributed by atoms with E-state index in [-0.39, 0.29) is 11.7 Å². The van der Waals surface area contributed by atoms with Crippen LogP contribution in [0.4, 0.5) is 5.00 Å². The monoisotopic (exact) mass is 484 g/mol. The van der Waals surface area contributed by atoms with Crippen LogP contribution in [0.3, 0.4) is 0 Å². The lowest BCUT2D eigenvalue weighted by Gasteiger charge is -2.08. The van der Waals surface area contributed by atoms with Gasteiger partial charge in [-0.25, -0.2) is 4.79 Å². The summed E-state index contributed by atoms with van der Waals surface area (Å²) >= 11 is 8.48. The summed E-state index contributed by atoms with van der Waals surface area (Å²) in [6, 6.07) is 16.7. The molecule has 4 rings (SSSR count). The summed E-state index contributed by atoms with van der Waals surface area (Å²) < 4.78 is 6.76. The van der Waals surface area contributed by atoms with Gasteiger partial charge in [0.25, 0.3) is 0 Å². The van der Waals surface area contributed by atoms with Gasteiger partial charge in [0, 0.05) is 21.7 Å². The fourth-order valence-corrected chi connectivity index (χ4v) is 4.81. The fraction of sp³-hybridized carbons (Fsp3) is 0.0909. The van der Waals surface area contributed by atoms with E-state index in [2.05, 4.69) is 15.5 Å². The van der Waals surface area contributed by atoms with Gasteiger partial charge in [-0.2, -0.15) is 0 Å². The molecule has 2 aromatic heterocycles. The number of nitrogens with zero attached hydrogens (tertiary/aromatic N) is 3. The van der Waals surface area contributed by atoms with E-state index in [1.54, 1.807) is 18.5 Å². The van der Waals surface area contributed by atoms with Crippen LogP contribution in [0.5, 0.6) is 0 Å². The number of hydrogen-bond acceptors (Lipinski definition) is 7. The van der Waals surface area contributed by atoms with Crippen LogP contribution < -0.4 is 5.32 Å². The first-order valence-corrected chi connectivity index (χ1v) is 11.6. The lowest BCUT2D eigenvalue weighted by molar-refractivity contribution is -0.113. The molecule has 162 valence electrons. The smallest absolute Gasteiger partial charge is 0.341 e. The maximum atomic E-state index is 12.7. The average molecular weight is 485 g/mol. The highest BCUT2D eigenvalue weighted by Crippen LogP contribution is 2.36. The number of para-hydroxylation sites is 1. The van der Waals surface area contributed by atoms with Crippen molar-refractivity contribution >= 4 is 51.6 Å². The Bertz CT molecular complexity index is 1240. The summed E-state index contributed by atoms with van der Waals surface area (Å²) in [6.07, 6.45) is 1.60. The van der Waals surface area contributed by atoms with Crippen molar-refractivity contribution in [1.29, 1.82) is 0 Å². The number of thiophene rings is 1. The molecule has 2 aromatic carbocycles. The first-order chi connectivity index (χ1) is 15.6. The number of thioether (sulfide) groups is 1. The molecule has 0 saturated heterocycles. The maximum Gasteiger partial charge on any atom is 0.341 e. The highest BCUT2D eigenvalue weighted by atomic mass is 35.5. The summed E-state index contributed by atoms with van der Waals surface area (Å²) in [5, 5.41) is 14.3. The van der Waals surface area contributed by atoms with E-state index >= 15 is 0 Å². The standard InChI is InChI=1S/C22H17ClN4O3S2/c1-30-21(29)19-17(14-7-9-15(23)10-8-14)11-31-20(19)25-18(28)12-32-22-26-24-13-27(22)16-5-3-2-4-6-16/h2-11,13H,12H2,1H3,(H,25,28). The van der Waals surface area contributed by atoms with Crippen molar-refractivity contribution in [3.8, 4) is 16.8 Å². The Balaban J connectivity index is 1.50. The van der Waals surface area contributed by atoms with Gasteiger partial charge in [0.15, 0.2) is 5.16 Å². The molecule has 0 fully saturated rings. The second kappa shape index (κ2) is 9.99. The van der Waals surface area contributed by atoms with Gasteiger partial charge in [0.1, 0.15) is 16.9 Å². The molecule has 0 unspecified atom stereocenters. The number of benzene rings is 2. The quantitative estimate of drug-likeness (QED) is 0.288. The Labute approximate surface area is 197 Å². The third-order valence-corrected chi connectivity index (χ3v) is 6.56. The molecule has 0 radical (unpaired) electrons. The molecule has 2 heterocycles. The van der Waals surface area contributed by atoms with Crippen LogP contribution in [0.2, 0.25) is 5.02 Å². The van der Waals surface area contributed by atoms with Crippen molar-refractivity contribution in [2.24, 2.45) is 0 Å². The molecule has 0 spiro atoms. The zero-order valence-corrected chi connectivity index (χ0v) is 19.2. The van der Waals surface area contributed by atoms with Crippen LogP contribution in [0.1, 0.15) is 10.4 Å². The summed E-state index contributed by atoms with van der Waals surface area (Å²) in [6.45, 7) is 0.